The van der Waals surface area contributed by atoms with Crippen molar-refractivity contribution >= 4 is 23.3 Å². The highest BCUT2D eigenvalue weighted by molar-refractivity contribution is 6.30. The molecule has 0 atom stereocenters. The van der Waals surface area contributed by atoms with Crippen LogP contribution in [-0.4, -0.2) is 23.1 Å². The Morgan fingerprint density at radius 2 is 1.90 bits per heavy atom. The summed E-state index contributed by atoms with van der Waals surface area (Å²) in [7, 11) is 1.13. The van der Waals surface area contributed by atoms with Crippen LogP contribution < -0.4 is 0 Å². The summed E-state index contributed by atoms with van der Waals surface area (Å²) in [5, 5.41) is 21.5. The van der Waals surface area contributed by atoms with Crippen LogP contribution in [0, 0.1) is 10.1 Å². The minimum Gasteiger partial charge on any atom is -0.507 e. The van der Waals surface area contributed by atoms with Crippen LogP contribution in [0.3, 0.4) is 0 Å². The number of phenolic OH excluding ortho intramolecular Hbond substituents is 1. The number of hydrogen-bond donors (Lipinski definition) is 1. The maximum absolute atomic E-state index is 11.5. The molecule has 0 aliphatic rings. The van der Waals surface area contributed by atoms with E-state index in [0.29, 0.717) is 10.6 Å². The normalized spacial score (nSPS) is 10.2. The number of halogens is 1. The third kappa shape index (κ3) is 2.95. The molecule has 0 bridgehead atoms. The minimum absolute atomic E-state index is 0.182. The van der Waals surface area contributed by atoms with Gasteiger partial charge < -0.3 is 9.84 Å². The molecule has 0 saturated heterocycles. The van der Waals surface area contributed by atoms with Gasteiger partial charge in [0.05, 0.1) is 17.6 Å². The van der Waals surface area contributed by atoms with E-state index in [-0.39, 0.29) is 16.8 Å². The molecule has 0 radical (unpaired) electrons. The van der Waals surface area contributed by atoms with Gasteiger partial charge in [-0.25, -0.2) is 4.79 Å². The Bertz CT molecular complexity index is 712. The molecule has 2 aromatic carbocycles. The molecule has 0 aliphatic carbocycles. The zero-order chi connectivity index (χ0) is 15.6. The lowest BCUT2D eigenvalue weighted by atomic mass is 10.0. The van der Waals surface area contributed by atoms with E-state index in [1.807, 2.05) is 0 Å². The third-order valence-electron chi connectivity index (χ3n) is 2.87. The van der Waals surface area contributed by atoms with Crippen LogP contribution in [0.2, 0.25) is 5.02 Å². The first-order valence-corrected chi connectivity index (χ1v) is 6.17. The number of aromatic hydroxyl groups is 1. The Hall–Kier alpha value is -2.60. The molecule has 1 N–H and O–H groups in total. The highest BCUT2D eigenvalue weighted by Crippen LogP contribution is 2.36. The molecule has 21 heavy (non-hydrogen) atoms. The summed E-state index contributed by atoms with van der Waals surface area (Å²) in [6.45, 7) is 0. The molecule has 108 valence electrons. The monoisotopic (exact) mass is 307 g/mol. The van der Waals surface area contributed by atoms with E-state index in [4.69, 9.17) is 11.6 Å². The van der Waals surface area contributed by atoms with Crippen molar-refractivity contribution in [3.8, 4) is 16.9 Å². The molecule has 0 aliphatic heterocycles. The second-order valence-electron chi connectivity index (χ2n) is 4.14. The third-order valence-corrected chi connectivity index (χ3v) is 3.12. The SMILES string of the molecule is COC(=O)c1cc([N+](=O)[O-])c(-c2ccc(Cl)cc2)cc1O. The van der Waals surface area contributed by atoms with Gasteiger partial charge in [0.25, 0.3) is 5.69 Å². The second kappa shape index (κ2) is 5.80. The molecule has 0 fully saturated rings. The Balaban J connectivity index is 2.66. The lowest BCUT2D eigenvalue weighted by molar-refractivity contribution is -0.384. The molecule has 7 heteroatoms. The van der Waals surface area contributed by atoms with Crippen LogP contribution in [0.1, 0.15) is 10.4 Å². The number of carbonyl (C=O) groups excluding carboxylic acids is 1. The smallest absolute Gasteiger partial charge is 0.341 e. The fraction of sp³-hybridized carbons (Fsp3) is 0.0714. The summed E-state index contributed by atoms with van der Waals surface area (Å²) >= 11 is 5.77. The summed E-state index contributed by atoms with van der Waals surface area (Å²) < 4.78 is 4.47. The highest BCUT2D eigenvalue weighted by Gasteiger charge is 2.23. The molecule has 0 heterocycles. The molecule has 2 rings (SSSR count). The van der Waals surface area contributed by atoms with Crippen molar-refractivity contribution in [1.82, 2.24) is 0 Å². The van der Waals surface area contributed by atoms with Crippen molar-refractivity contribution < 1.29 is 19.6 Å². The maximum atomic E-state index is 11.5. The summed E-state index contributed by atoms with van der Waals surface area (Å²) in [5.74, 6) is -1.24. The van der Waals surface area contributed by atoms with E-state index < -0.39 is 16.6 Å². The summed E-state index contributed by atoms with van der Waals surface area (Å²) in [6, 6.07) is 8.47. The van der Waals surface area contributed by atoms with E-state index in [1.54, 1.807) is 24.3 Å². The number of nitro groups is 1. The van der Waals surface area contributed by atoms with Gasteiger partial charge in [-0.3, -0.25) is 10.1 Å². The Labute approximate surface area is 124 Å². The molecule has 0 spiro atoms. The molecule has 0 aromatic heterocycles. The van der Waals surface area contributed by atoms with E-state index in [0.717, 1.165) is 19.2 Å². The predicted octanol–water partition coefficient (Wildman–Crippen LogP) is 3.41. The first kappa shape index (κ1) is 14.8. The first-order valence-electron chi connectivity index (χ1n) is 5.79. The molecule has 0 saturated carbocycles. The van der Waals surface area contributed by atoms with Gasteiger partial charge in [-0.1, -0.05) is 23.7 Å². The Kier molecular flexibility index (Phi) is 4.09. The van der Waals surface area contributed by atoms with E-state index in [1.165, 1.54) is 0 Å². The van der Waals surface area contributed by atoms with Crippen molar-refractivity contribution in [3.05, 3.63) is 57.1 Å². The first-order chi connectivity index (χ1) is 9.93. The van der Waals surface area contributed by atoms with E-state index >= 15 is 0 Å². The van der Waals surface area contributed by atoms with Gasteiger partial charge >= 0.3 is 5.97 Å². The number of hydrogen-bond acceptors (Lipinski definition) is 5. The quantitative estimate of drug-likeness (QED) is 0.533. The standard InChI is InChI=1S/C14H10ClNO5/c1-21-14(18)11-6-12(16(19)20)10(7-13(11)17)8-2-4-9(15)5-3-8/h2-7,17H,1H3. The number of nitrogens with zero attached hydrogens (tertiary/aromatic N) is 1. The zero-order valence-electron chi connectivity index (χ0n) is 10.9. The van der Waals surface area contributed by atoms with Crippen molar-refractivity contribution in [3.63, 3.8) is 0 Å². The van der Waals surface area contributed by atoms with Crippen molar-refractivity contribution in [1.29, 1.82) is 0 Å². The lowest BCUT2D eigenvalue weighted by Crippen LogP contribution is -2.03. The number of carbonyl (C=O) groups is 1. The molecule has 0 unspecified atom stereocenters. The van der Waals surface area contributed by atoms with Gasteiger partial charge in [-0.05, 0) is 23.8 Å². The molecule has 6 nitrogen and oxygen atoms in total. The summed E-state index contributed by atoms with van der Waals surface area (Å²) in [5.41, 5.74) is 0.108. The summed E-state index contributed by atoms with van der Waals surface area (Å²) in [6.07, 6.45) is 0. The fourth-order valence-corrected chi connectivity index (χ4v) is 1.99. The predicted molar refractivity (Wildman–Crippen MR) is 76.5 cm³/mol. The van der Waals surface area contributed by atoms with Crippen LogP contribution in [0.15, 0.2) is 36.4 Å². The van der Waals surface area contributed by atoms with Crippen LogP contribution in [0.5, 0.6) is 5.75 Å². The number of benzene rings is 2. The molecular weight excluding hydrogens is 298 g/mol. The van der Waals surface area contributed by atoms with Gasteiger partial charge in [0, 0.05) is 11.1 Å². The maximum Gasteiger partial charge on any atom is 0.341 e. The van der Waals surface area contributed by atoms with E-state index in [9.17, 15) is 20.0 Å². The Morgan fingerprint density at radius 1 is 1.29 bits per heavy atom. The number of esters is 1. The van der Waals surface area contributed by atoms with Gasteiger partial charge in [0.1, 0.15) is 11.3 Å². The minimum atomic E-state index is -0.849. The number of phenols is 1. The molecular formula is C14H10ClNO5. The van der Waals surface area contributed by atoms with Gasteiger partial charge in [0.2, 0.25) is 0 Å². The van der Waals surface area contributed by atoms with Crippen molar-refractivity contribution in [2.24, 2.45) is 0 Å². The van der Waals surface area contributed by atoms with Crippen LogP contribution in [-0.2, 0) is 4.74 Å². The van der Waals surface area contributed by atoms with Crippen LogP contribution in [0.4, 0.5) is 5.69 Å². The zero-order valence-corrected chi connectivity index (χ0v) is 11.6. The fourth-order valence-electron chi connectivity index (χ4n) is 1.86. The number of ether oxygens (including phenoxy) is 1. The molecule has 0 amide bonds. The van der Waals surface area contributed by atoms with Gasteiger partial charge in [0.15, 0.2) is 0 Å². The topological polar surface area (TPSA) is 89.7 Å². The number of nitro benzene ring substituents is 1. The lowest BCUT2D eigenvalue weighted by Gasteiger charge is -2.08. The molecule has 2 aromatic rings. The average Bonchev–Trinajstić information content (AvgIpc) is 2.46. The van der Waals surface area contributed by atoms with Gasteiger partial charge in [-0.2, -0.15) is 0 Å². The van der Waals surface area contributed by atoms with E-state index in [2.05, 4.69) is 4.74 Å². The second-order valence-corrected chi connectivity index (χ2v) is 4.58. The van der Waals surface area contributed by atoms with Gasteiger partial charge in [-0.15, -0.1) is 0 Å². The number of rotatable bonds is 3. The summed E-state index contributed by atoms with van der Waals surface area (Å²) in [4.78, 5) is 22.0. The largest absolute Gasteiger partial charge is 0.507 e. The average molecular weight is 308 g/mol. The van der Waals surface area contributed by atoms with Crippen LogP contribution >= 0.6 is 11.6 Å². The van der Waals surface area contributed by atoms with Crippen molar-refractivity contribution in [2.45, 2.75) is 0 Å². The highest BCUT2D eigenvalue weighted by atomic mass is 35.5. The van der Waals surface area contributed by atoms with Crippen molar-refractivity contribution in [2.75, 3.05) is 7.11 Å². The Morgan fingerprint density at radius 3 is 2.43 bits per heavy atom. The number of methoxy groups -OCH3 is 1. The van der Waals surface area contributed by atoms with Crippen LogP contribution in [0.25, 0.3) is 11.1 Å².